The molecule has 1 aliphatic heterocycles. The highest BCUT2D eigenvalue weighted by molar-refractivity contribution is 5.93. The van der Waals surface area contributed by atoms with Crippen LogP contribution in [0.2, 0.25) is 0 Å². The van der Waals surface area contributed by atoms with Crippen molar-refractivity contribution in [2.45, 2.75) is 25.7 Å². The predicted molar refractivity (Wildman–Crippen MR) is 123 cm³/mol. The van der Waals surface area contributed by atoms with Crippen LogP contribution in [0, 0.1) is 6.92 Å². The summed E-state index contributed by atoms with van der Waals surface area (Å²) in [5, 5.41) is 5.88. The number of fused-ring (bicyclic) bond motifs is 2. The van der Waals surface area contributed by atoms with E-state index in [0.29, 0.717) is 5.92 Å². The Kier molecular flexibility index (Phi) is 4.90. The van der Waals surface area contributed by atoms with Gasteiger partial charge in [0.2, 0.25) is 0 Å². The van der Waals surface area contributed by atoms with Crippen molar-refractivity contribution in [1.82, 2.24) is 20.2 Å². The van der Waals surface area contributed by atoms with Gasteiger partial charge in [-0.3, -0.25) is 0 Å². The Morgan fingerprint density at radius 1 is 1.03 bits per heavy atom. The number of H-pyrrole nitrogens is 2. The third-order valence-electron chi connectivity index (χ3n) is 6.66. The number of aromatic nitrogens is 2. The quantitative estimate of drug-likeness (QED) is 0.451. The first-order valence-electron chi connectivity index (χ1n) is 10.8. The van der Waals surface area contributed by atoms with E-state index in [2.05, 4.69) is 69.6 Å². The number of benzene rings is 2. The molecule has 4 aromatic rings. The number of likely N-dealkylation sites (N-methyl/N-ethyl adjacent to an activating group) is 1. The molecule has 0 spiro atoms. The Hall–Kier alpha value is -2.56. The number of aromatic amines is 2. The van der Waals surface area contributed by atoms with Gasteiger partial charge in [-0.1, -0.05) is 12.1 Å². The molecule has 3 heterocycles. The summed E-state index contributed by atoms with van der Waals surface area (Å²) in [6, 6.07) is 15.8. The Balaban J connectivity index is 1.41. The van der Waals surface area contributed by atoms with E-state index >= 15 is 0 Å². The molecule has 1 fully saturated rings. The summed E-state index contributed by atoms with van der Waals surface area (Å²) in [6.45, 7) is 6.90. The van der Waals surface area contributed by atoms with Crippen molar-refractivity contribution in [3.63, 3.8) is 0 Å². The molecule has 0 atom stereocenters. The minimum absolute atomic E-state index is 0.680. The fourth-order valence-corrected chi connectivity index (χ4v) is 4.86. The van der Waals surface area contributed by atoms with Crippen LogP contribution in [0.3, 0.4) is 0 Å². The SMILES string of the molecule is CNCCN1CCC(c2ccc3[nH]c(-c4ccc5[nH]ccc5c4)c(C)c3c2)CC1. The number of hydrogen-bond donors (Lipinski definition) is 3. The van der Waals surface area contributed by atoms with Crippen LogP contribution in [0.15, 0.2) is 48.7 Å². The van der Waals surface area contributed by atoms with Crippen LogP contribution in [-0.2, 0) is 0 Å². The van der Waals surface area contributed by atoms with Crippen LogP contribution in [-0.4, -0.2) is 48.1 Å². The van der Waals surface area contributed by atoms with Gasteiger partial charge in [0, 0.05) is 46.8 Å². The van der Waals surface area contributed by atoms with Gasteiger partial charge >= 0.3 is 0 Å². The molecule has 3 N–H and O–H groups in total. The minimum Gasteiger partial charge on any atom is -0.361 e. The summed E-state index contributed by atoms with van der Waals surface area (Å²) < 4.78 is 0. The zero-order valence-corrected chi connectivity index (χ0v) is 17.4. The van der Waals surface area contributed by atoms with E-state index in [9.17, 15) is 0 Å². The van der Waals surface area contributed by atoms with E-state index in [-0.39, 0.29) is 0 Å². The number of nitrogens with zero attached hydrogens (tertiary/aromatic N) is 1. The maximum absolute atomic E-state index is 3.67. The summed E-state index contributed by atoms with van der Waals surface area (Å²) >= 11 is 0. The van der Waals surface area contributed by atoms with Crippen molar-refractivity contribution in [3.05, 3.63) is 59.8 Å². The summed E-state index contributed by atoms with van der Waals surface area (Å²) in [6.07, 6.45) is 4.52. The molecular weight excluding hydrogens is 356 g/mol. The summed E-state index contributed by atoms with van der Waals surface area (Å²) in [7, 11) is 2.03. The van der Waals surface area contributed by atoms with Crippen molar-refractivity contribution in [1.29, 1.82) is 0 Å². The topological polar surface area (TPSA) is 46.8 Å². The van der Waals surface area contributed by atoms with Gasteiger partial charge in [-0.15, -0.1) is 0 Å². The minimum atomic E-state index is 0.680. The van der Waals surface area contributed by atoms with Crippen molar-refractivity contribution in [3.8, 4) is 11.3 Å². The van der Waals surface area contributed by atoms with E-state index in [1.54, 1.807) is 0 Å². The molecule has 0 saturated carbocycles. The van der Waals surface area contributed by atoms with Crippen LogP contribution in [0.5, 0.6) is 0 Å². The van der Waals surface area contributed by atoms with Crippen LogP contribution in [0.25, 0.3) is 33.1 Å². The zero-order valence-electron chi connectivity index (χ0n) is 17.4. The highest BCUT2D eigenvalue weighted by Gasteiger charge is 2.21. The summed E-state index contributed by atoms with van der Waals surface area (Å²) in [5.41, 5.74) is 7.77. The molecule has 4 nitrogen and oxygen atoms in total. The third kappa shape index (κ3) is 3.47. The second kappa shape index (κ2) is 7.69. The maximum Gasteiger partial charge on any atom is 0.0494 e. The van der Waals surface area contributed by atoms with Crippen molar-refractivity contribution >= 4 is 21.8 Å². The lowest BCUT2D eigenvalue weighted by Gasteiger charge is -2.32. The standard InChI is InChI=1S/C25H30N4/c1-17-22-16-19(18-8-12-29(13-9-18)14-11-26-2)3-6-24(22)28-25(17)21-4-5-23-20(15-21)7-10-27-23/h3-7,10,15-16,18,26-28H,8-9,11-14H2,1-2H3. The number of likely N-dealkylation sites (tertiary alicyclic amines) is 1. The molecule has 0 amide bonds. The maximum atomic E-state index is 3.67. The average molecular weight is 387 g/mol. The molecule has 0 bridgehead atoms. The molecule has 0 unspecified atom stereocenters. The second-order valence-electron chi connectivity index (χ2n) is 8.43. The van der Waals surface area contributed by atoms with Gasteiger partial charge in [0.05, 0.1) is 0 Å². The van der Waals surface area contributed by atoms with E-state index in [0.717, 1.165) is 13.1 Å². The van der Waals surface area contributed by atoms with Gasteiger partial charge < -0.3 is 20.2 Å². The smallest absolute Gasteiger partial charge is 0.0494 e. The highest BCUT2D eigenvalue weighted by Crippen LogP contribution is 2.35. The van der Waals surface area contributed by atoms with Crippen LogP contribution in [0.1, 0.15) is 29.9 Å². The number of piperidine rings is 1. The number of aryl methyl sites for hydroxylation is 1. The summed E-state index contributed by atoms with van der Waals surface area (Å²) in [5.74, 6) is 0.680. The van der Waals surface area contributed by atoms with E-state index in [1.165, 1.54) is 70.1 Å². The van der Waals surface area contributed by atoms with Crippen molar-refractivity contribution < 1.29 is 0 Å². The van der Waals surface area contributed by atoms with E-state index in [4.69, 9.17) is 0 Å². The van der Waals surface area contributed by atoms with E-state index < -0.39 is 0 Å². The van der Waals surface area contributed by atoms with Gasteiger partial charge in [0.15, 0.2) is 0 Å². The Morgan fingerprint density at radius 2 is 1.86 bits per heavy atom. The molecule has 1 saturated heterocycles. The zero-order chi connectivity index (χ0) is 19.8. The molecule has 2 aromatic heterocycles. The summed E-state index contributed by atoms with van der Waals surface area (Å²) in [4.78, 5) is 9.54. The lowest BCUT2D eigenvalue weighted by Crippen LogP contribution is -2.37. The molecular formula is C25H30N4. The van der Waals surface area contributed by atoms with Crippen LogP contribution in [0.4, 0.5) is 0 Å². The Labute approximate surface area is 172 Å². The monoisotopic (exact) mass is 386 g/mol. The Morgan fingerprint density at radius 3 is 2.69 bits per heavy atom. The average Bonchev–Trinajstić information content (AvgIpc) is 3.36. The fourth-order valence-electron chi connectivity index (χ4n) is 4.86. The first-order chi connectivity index (χ1) is 14.2. The molecule has 0 radical (unpaired) electrons. The van der Waals surface area contributed by atoms with Gasteiger partial charge in [-0.2, -0.15) is 0 Å². The molecule has 4 heteroatoms. The third-order valence-corrected chi connectivity index (χ3v) is 6.66. The lowest BCUT2D eigenvalue weighted by atomic mass is 9.88. The molecule has 1 aliphatic rings. The van der Waals surface area contributed by atoms with Crippen molar-refractivity contribution in [2.75, 3.05) is 33.2 Å². The molecule has 29 heavy (non-hydrogen) atoms. The van der Waals surface area contributed by atoms with Crippen molar-refractivity contribution in [2.24, 2.45) is 0 Å². The van der Waals surface area contributed by atoms with Gasteiger partial charge in [0.1, 0.15) is 0 Å². The molecule has 2 aromatic carbocycles. The van der Waals surface area contributed by atoms with Gasteiger partial charge in [0.25, 0.3) is 0 Å². The van der Waals surface area contributed by atoms with Crippen LogP contribution >= 0.6 is 0 Å². The molecule has 5 rings (SSSR count). The largest absolute Gasteiger partial charge is 0.361 e. The predicted octanol–water partition coefficient (Wildman–Crippen LogP) is 5.02. The van der Waals surface area contributed by atoms with Gasteiger partial charge in [-0.25, -0.2) is 0 Å². The first kappa shape index (κ1) is 18.5. The van der Waals surface area contributed by atoms with Gasteiger partial charge in [-0.05, 0) is 92.8 Å². The molecule has 0 aliphatic carbocycles. The number of rotatable bonds is 5. The number of hydrogen-bond acceptors (Lipinski definition) is 2. The van der Waals surface area contributed by atoms with E-state index in [1.807, 2.05) is 13.2 Å². The fraction of sp³-hybridized carbons (Fsp3) is 0.360. The second-order valence-corrected chi connectivity index (χ2v) is 8.43. The Bertz CT molecular complexity index is 1130. The number of nitrogens with one attached hydrogen (secondary N) is 3. The lowest BCUT2D eigenvalue weighted by molar-refractivity contribution is 0.214. The van der Waals surface area contributed by atoms with Crippen LogP contribution < -0.4 is 5.32 Å². The normalized spacial score (nSPS) is 16.2. The first-order valence-corrected chi connectivity index (χ1v) is 10.8. The highest BCUT2D eigenvalue weighted by atomic mass is 15.1. The molecule has 150 valence electrons.